The number of nitrogens with zero attached hydrogens (tertiary/aromatic N) is 3. The Labute approximate surface area is 179 Å². The Morgan fingerprint density at radius 2 is 1.96 bits per heavy atom. The highest BCUT2D eigenvalue weighted by Crippen LogP contribution is 2.24. The van der Waals surface area contributed by atoms with E-state index in [9.17, 15) is 0 Å². The Hall–Kier alpha value is -0.540. The van der Waals surface area contributed by atoms with Crippen LogP contribution in [0.3, 0.4) is 0 Å². The van der Waals surface area contributed by atoms with Gasteiger partial charge in [-0.2, -0.15) is 0 Å². The molecule has 2 aliphatic rings. The number of rotatable bonds is 7. The molecule has 2 aliphatic heterocycles. The topological polar surface area (TPSA) is 42.9 Å². The third-order valence-corrected chi connectivity index (χ3v) is 6.20. The van der Waals surface area contributed by atoms with Gasteiger partial charge in [-0.1, -0.05) is 0 Å². The molecule has 2 N–H and O–H groups in total. The van der Waals surface area contributed by atoms with Gasteiger partial charge in [-0.3, -0.25) is 4.99 Å². The number of piperidine rings is 1. The molecule has 0 unspecified atom stereocenters. The average molecular weight is 491 g/mol. The van der Waals surface area contributed by atoms with E-state index in [1.807, 2.05) is 18.4 Å². The molecule has 0 aliphatic carbocycles. The lowest BCUT2D eigenvalue weighted by molar-refractivity contribution is 0.330. The molecule has 7 heteroatoms. The molecule has 2 fully saturated rings. The number of anilines is 1. The fourth-order valence-electron chi connectivity index (χ4n) is 3.76. The van der Waals surface area contributed by atoms with Crippen LogP contribution in [0, 0.1) is 0 Å². The van der Waals surface area contributed by atoms with Gasteiger partial charge in [-0.15, -0.1) is 35.3 Å². The van der Waals surface area contributed by atoms with E-state index < -0.39 is 0 Å². The number of halogens is 1. The molecule has 1 aromatic rings. The molecule has 0 saturated carbocycles. The predicted molar refractivity (Wildman–Crippen MR) is 124 cm³/mol. The second-order valence-corrected chi connectivity index (χ2v) is 8.04. The minimum Gasteiger partial charge on any atom is -0.363 e. The number of aliphatic imine (C=N–C) groups is 1. The van der Waals surface area contributed by atoms with Gasteiger partial charge in [-0.25, -0.2) is 0 Å². The Bertz CT molecular complexity index is 508. The van der Waals surface area contributed by atoms with Crippen LogP contribution < -0.4 is 15.5 Å². The Balaban J connectivity index is 0.00000243. The first kappa shape index (κ1) is 21.8. The molecule has 1 aromatic heterocycles. The molecule has 0 amide bonds. The number of unbranched alkanes of at least 4 members (excludes halogenated alkanes) is 1. The van der Waals surface area contributed by atoms with Crippen molar-refractivity contribution in [3.8, 4) is 0 Å². The first-order valence-electron chi connectivity index (χ1n) is 9.83. The molecule has 0 bridgehead atoms. The van der Waals surface area contributed by atoms with Crippen LogP contribution in [-0.4, -0.2) is 63.2 Å². The van der Waals surface area contributed by atoms with Crippen molar-refractivity contribution in [1.82, 2.24) is 15.5 Å². The second-order valence-electron chi connectivity index (χ2n) is 7.11. The van der Waals surface area contributed by atoms with E-state index in [4.69, 9.17) is 0 Å². The van der Waals surface area contributed by atoms with Gasteiger partial charge < -0.3 is 20.4 Å². The molecule has 3 heterocycles. The first-order chi connectivity index (χ1) is 12.3. The van der Waals surface area contributed by atoms with Crippen molar-refractivity contribution >= 4 is 46.3 Å². The van der Waals surface area contributed by atoms with Crippen LogP contribution in [0.5, 0.6) is 0 Å². The van der Waals surface area contributed by atoms with E-state index in [2.05, 4.69) is 42.9 Å². The van der Waals surface area contributed by atoms with Crippen molar-refractivity contribution in [3.05, 3.63) is 17.5 Å². The second kappa shape index (κ2) is 12.0. The normalized spacial score (nSPS) is 19.4. The molecule has 0 atom stereocenters. The molecule has 26 heavy (non-hydrogen) atoms. The summed E-state index contributed by atoms with van der Waals surface area (Å²) in [6, 6.07) is 4.90. The van der Waals surface area contributed by atoms with Gasteiger partial charge in [0.1, 0.15) is 0 Å². The fraction of sp³-hybridized carbons (Fsp3) is 0.737. The van der Waals surface area contributed by atoms with Crippen molar-refractivity contribution in [2.24, 2.45) is 4.99 Å². The SMILES string of the molecule is CN=C(NCCCCN1CCCC1)NC1CCN(c2cccs2)CC1.I. The monoisotopic (exact) mass is 491 g/mol. The highest BCUT2D eigenvalue weighted by molar-refractivity contribution is 14.0. The van der Waals surface area contributed by atoms with Crippen LogP contribution in [-0.2, 0) is 0 Å². The molecular formula is C19H34IN5S. The largest absolute Gasteiger partial charge is 0.363 e. The molecule has 148 valence electrons. The number of likely N-dealkylation sites (tertiary alicyclic amines) is 1. The van der Waals surface area contributed by atoms with E-state index in [0.29, 0.717) is 6.04 Å². The maximum atomic E-state index is 4.40. The Kier molecular flexibility index (Phi) is 10.1. The minimum atomic E-state index is 0. The zero-order chi connectivity index (χ0) is 17.3. The van der Waals surface area contributed by atoms with Gasteiger partial charge >= 0.3 is 0 Å². The van der Waals surface area contributed by atoms with Gasteiger partial charge in [-0.05, 0) is 75.7 Å². The maximum absolute atomic E-state index is 4.40. The summed E-state index contributed by atoms with van der Waals surface area (Å²) in [5.74, 6) is 0.968. The number of hydrogen-bond acceptors (Lipinski definition) is 4. The summed E-state index contributed by atoms with van der Waals surface area (Å²) in [4.78, 5) is 9.49. The maximum Gasteiger partial charge on any atom is 0.191 e. The van der Waals surface area contributed by atoms with Gasteiger partial charge in [0, 0.05) is 32.7 Å². The van der Waals surface area contributed by atoms with Crippen LogP contribution in [0.1, 0.15) is 38.5 Å². The molecule has 0 spiro atoms. The lowest BCUT2D eigenvalue weighted by atomic mass is 10.1. The van der Waals surface area contributed by atoms with Crippen molar-refractivity contribution in [2.75, 3.05) is 51.2 Å². The zero-order valence-electron chi connectivity index (χ0n) is 16.0. The van der Waals surface area contributed by atoms with Gasteiger partial charge in [0.15, 0.2) is 5.96 Å². The first-order valence-corrected chi connectivity index (χ1v) is 10.7. The van der Waals surface area contributed by atoms with Crippen molar-refractivity contribution in [1.29, 1.82) is 0 Å². The van der Waals surface area contributed by atoms with Gasteiger partial charge in [0.2, 0.25) is 0 Å². The highest BCUT2D eigenvalue weighted by Gasteiger charge is 2.20. The van der Waals surface area contributed by atoms with Gasteiger partial charge in [0.25, 0.3) is 0 Å². The van der Waals surface area contributed by atoms with Crippen LogP contribution in [0.2, 0.25) is 0 Å². The van der Waals surface area contributed by atoms with E-state index in [-0.39, 0.29) is 24.0 Å². The number of nitrogens with one attached hydrogen (secondary N) is 2. The molecule has 3 rings (SSSR count). The van der Waals surface area contributed by atoms with E-state index in [1.54, 1.807) is 0 Å². The number of hydrogen-bond donors (Lipinski definition) is 2. The summed E-state index contributed by atoms with van der Waals surface area (Å²) in [5.41, 5.74) is 0. The van der Waals surface area contributed by atoms with Crippen LogP contribution in [0.25, 0.3) is 0 Å². The molecule has 0 radical (unpaired) electrons. The predicted octanol–water partition coefficient (Wildman–Crippen LogP) is 3.38. The Morgan fingerprint density at radius 3 is 2.62 bits per heavy atom. The molecular weight excluding hydrogens is 457 g/mol. The third-order valence-electron chi connectivity index (χ3n) is 5.27. The van der Waals surface area contributed by atoms with E-state index in [0.717, 1.165) is 25.6 Å². The van der Waals surface area contributed by atoms with Crippen molar-refractivity contribution in [3.63, 3.8) is 0 Å². The Morgan fingerprint density at radius 1 is 1.19 bits per heavy atom. The fourth-order valence-corrected chi connectivity index (χ4v) is 4.54. The smallest absolute Gasteiger partial charge is 0.191 e. The van der Waals surface area contributed by atoms with Crippen LogP contribution >= 0.6 is 35.3 Å². The van der Waals surface area contributed by atoms with Crippen molar-refractivity contribution < 1.29 is 0 Å². The number of thiophene rings is 1. The molecule has 0 aromatic carbocycles. The van der Waals surface area contributed by atoms with E-state index in [1.165, 1.54) is 63.2 Å². The zero-order valence-corrected chi connectivity index (χ0v) is 19.1. The van der Waals surface area contributed by atoms with Gasteiger partial charge in [0.05, 0.1) is 5.00 Å². The summed E-state index contributed by atoms with van der Waals surface area (Å²) in [7, 11) is 1.88. The lowest BCUT2D eigenvalue weighted by Crippen LogP contribution is -2.48. The summed E-state index contributed by atoms with van der Waals surface area (Å²) in [5, 5.41) is 10.7. The summed E-state index contributed by atoms with van der Waals surface area (Å²) in [6.07, 6.45) is 7.62. The summed E-state index contributed by atoms with van der Waals surface area (Å²) in [6.45, 7) is 7.15. The summed E-state index contributed by atoms with van der Waals surface area (Å²) >= 11 is 1.84. The van der Waals surface area contributed by atoms with Crippen molar-refractivity contribution in [2.45, 2.75) is 44.6 Å². The van der Waals surface area contributed by atoms with E-state index >= 15 is 0 Å². The average Bonchev–Trinajstić information content (AvgIpc) is 3.35. The quantitative estimate of drug-likeness (QED) is 0.266. The highest BCUT2D eigenvalue weighted by atomic mass is 127. The third kappa shape index (κ3) is 6.88. The van der Waals surface area contributed by atoms with Crippen LogP contribution in [0.15, 0.2) is 22.5 Å². The minimum absolute atomic E-state index is 0. The standard InChI is InChI=1S/C19H33N5S.HI/c1-20-19(21-10-2-3-11-23-12-4-5-13-23)22-17-8-14-24(15-9-17)18-7-6-16-25-18;/h6-7,16-17H,2-5,8-15H2,1H3,(H2,20,21,22);1H. The molecule has 5 nitrogen and oxygen atoms in total. The molecule has 2 saturated heterocycles. The van der Waals surface area contributed by atoms with Crippen LogP contribution in [0.4, 0.5) is 5.00 Å². The number of guanidine groups is 1. The summed E-state index contributed by atoms with van der Waals surface area (Å²) < 4.78 is 0. The lowest BCUT2D eigenvalue weighted by Gasteiger charge is -2.33.